The molecule has 110 valence electrons. The average Bonchev–Trinajstić information content (AvgIpc) is 3.02. The SMILES string of the molecule is CNC(c1cnccc1C(F)(F)F)C1CC2CCC1O2. The van der Waals surface area contributed by atoms with E-state index < -0.39 is 11.7 Å². The van der Waals surface area contributed by atoms with Crippen LogP contribution in [-0.4, -0.2) is 24.2 Å². The summed E-state index contributed by atoms with van der Waals surface area (Å²) in [5.41, 5.74) is -0.377. The predicted octanol–water partition coefficient (Wildman–Crippen LogP) is 2.93. The summed E-state index contributed by atoms with van der Waals surface area (Å²) in [6, 6.07) is 0.684. The van der Waals surface area contributed by atoms with Crippen molar-refractivity contribution in [3.05, 3.63) is 29.6 Å². The van der Waals surface area contributed by atoms with Crippen LogP contribution >= 0.6 is 0 Å². The lowest BCUT2D eigenvalue weighted by atomic mass is 9.80. The first kappa shape index (κ1) is 13.8. The Labute approximate surface area is 115 Å². The zero-order valence-corrected chi connectivity index (χ0v) is 11.2. The lowest BCUT2D eigenvalue weighted by molar-refractivity contribution is -0.138. The number of pyridine rings is 1. The van der Waals surface area contributed by atoms with E-state index in [2.05, 4.69) is 10.3 Å². The van der Waals surface area contributed by atoms with Crippen LogP contribution in [0, 0.1) is 5.92 Å². The van der Waals surface area contributed by atoms with Crippen molar-refractivity contribution in [2.24, 2.45) is 5.92 Å². The molecule has 2 saturated heterocycles. The van der Waals surface area contributed by atoms with Crippen LogP contribution in [0.5, 0.6) is 0 Å². The number of ether oxygens (including phenoxy) is 1. The maximum Gasteiger partial charge on any atom is 0.416 e. The Morgan fingerprint density at radius 2 is 2.20 bits per heavy atom. The molecule has 2 fully saturated rings. The number of halogens is 3. The summed E-state index contributed by atoms with van der Waals surface area (Å²) >= 11 is 0. The van der Waals surface area contributed by atoms with Crippen LogP contribution in [0.2, 0.25) is 0 Å². The number of aromatic nitrogens is 1. The van der Waals surface area contributed by atoms with Gasteiger partial charge in [-0.05, 0) is 37.9 Å². The molecule has 3 rings (SSSR count). The van der Waals surface area contributed by atoms with Crippen LogP contribution in [-0.2, 0) is 10.9 Å². The fourth-order valence-electron chi connectivity index (χ4n) is 3.54. The number of nitrogens with zero attached hydrogens (tertiary/aromatic N) is 1. The van der Waals surface area contributed by atoms with Crippen LogP contribution in [0.25, 0.3) is 0 Å². The van der Waals surface area contributed by atoms with E-state index in [1.807, 2.05) is 0 Å². The summed E-state index contributed by atoms with van der Waals surface area (Å²) in [6.07, 6.45) is 1.23. The Kier molecular flexibility index (Phi) is 3.46. The smallest absolute Gasteiger partial charge is 0.375 e. The van der Waals surface area contributed by atoms with E-state index in [9.17, 15) is 13.2 Å². The van der Waals surface area contributed by atoms with Gasteiger partial charge in [-0.25, -0.2) is 0 Å². The second kappa shape index (κ2) is 5.00. The molecule has 0 spiro atoms. The molecular formula is C14H17F3N2O. The van der Waals surface area contributed by atoms with Gasteiger partial charge in [0, 0.05) is 24.4 Å². The molecule has 6 heteroatoms. The molecule has 2 aliphatic heterocycles. The fourth-order valence-corrected chi connectivity index (χ4v) is 3.54. The topological polar surface area (TPSA) is 34.2 Å². The fraction of sp³-hybridized carbons (Fsp3) is 0.643. The second-order valence-corrected chi connectivity index (χ2v) is 5.50. The van der Waals surface area contributed by atoms with Gasteiger partial charge in [0.05, 0.1) is 17.8 Å². The van der Waals surface area contributed by atoms with E-state index in [1.165, 1.54) is 12.4 Å². The molecule has 4 atom stereocenters. The van der Waals surface area contributed by atoms with Crippen molar-refractivity contribution in [3.63, 3.8) is 0 Å². The molecule has 0 aliphatic carbocycles. The van der Waals surface area contributed by atoms with Gasteiger partial charge in [-0.1, -0.05) is 0 Å². The van der Waals surface area contributed by atoms with Crippen molar-refractivity contribution in [1.29, 1.82) is 0 Å². The van der Waals surface area contributed by atoms with Crippen molar-refractivity contribution < 1.29 is 17.9 Å². The van der Waals surface area contributed by atoms with Crippen molar-refractivity contribution >= 4 is 0 Å². The Hall–Kier alpha value is -1.14. The number of fused-ring (bicyclic) bond motifs is 2. The Morgan fingerprint density at radius 3 is 2.75 bits per heavy atom. The molecule has 0 aromatic carbocycles. The molecule has 0 radical (unpaired) electrons. The quantitative estimate of drug-likeness (QED) is 0.927. The Morgan fingerprint density at radius 1 is 1.40 bits per heavy atom. The normalized spacial score (nSPS) is 30.7. The standard InChI is InChI=1S/C14H17F3N2O/c1-18-13(9-6-8-2-3-12(9)20-8)10-7-19-5-4-11(10)14(15,16)17/h4-5,7-9,12-13,18H,2-3,6H2,1H3. The van der Waals surface area contributed by atoms with E-state index in [0.717, 1.165) is 25.3 Å². The highest BCUT2D eigenvalue weighted by atomic mass is 19.4. The van der Waals surface area contributed by atoms with Gasteiger partial charge < -0.3 is 10.1 Å². The zero-order valence-electron chi connectivity index (χ0n) is 11.2. The summed E-state index contributed by atoms with van der Waals surface area (Å²) in [5, 5.41) is 3.04. The summed E-state index contributed by atoms with van der Waals surface area (Å²) in [4.78, 5) is 3.88. The molecule has 3 heterocycles. The van der Waals surface area contributed by atoms with Crippen molar-refractivity contribution in [2.75, 3.05) is 7.05 Å². The monoisotopic (exact) mass is 286 g/mol. The first-order chi connectivity index (χ1) is 9.50. The number of rotatable bonds is 3. The summed E-state index contributed by atoms with van der Waals surface area (Å²) in [5.74, 6) is 0.0871. The molecule has 3 nitrogen and oxygen atoms in total. The van der Waals surface area contributed by atoms with Crippen LogP contribution < -0.4 is 5.32 Å². The second-order valence-electron chi connectivity index (χ2n) is 5.50. The highest BCUT2D eigenvalue weighted by Gasteiger charge is 2.46. The number of hydrogen-bond donors (Lipinski definition) is 1. The van der Waals surface area contributed by atoms with Gasteiger partial charge in [-0.3, -0.25) is 4.98 Å². The molecule has 1 N–H and O–H groups in total. The lowest BCUT2D eigenvalue weighted by Crippen LogP contribution is -2.33. The van der Waals surface area contributed by atoms with E-state index in [-0.39, 0.29) is 29.7 Å². The average molecular weight is 286 g/mol. The molecule has 0 amide bonds. The van der Waals surface area contributed by atoms with Gasteiger partial charge in [0.15, 0.2) is 0 Å². The van der Waals surface area contributed by atoms with Crippen molar-refractivity contribution in [1.82, 2.24) is 10.3 Å². The van der Waals surface area contributed by atoms with Crippen LogP contribution in [0.3, 0.4) is 0 Å². The van der Waals surface area contributed by atoms with E-state index in [0.29, 0.717) is 0 Å². The van der Waals surface area contributed by atoms with E-state index in [4.69, 9.17) is 4.74 Å². The third-order valence-electron chi connectivity index (χ3n) is 4.38. The third-order valence-corrected chi connectivity index (χ3v) is 4.38. The van der Waals surface area contributed by atoms with Gasteiger partial charge in [-0.2, -0.15) is 13.2 Å². The molecule has 2 bridgehead atoms. The minimum atomic E-state index is -4.36. The largest absolute Gasteiger partial charge is 0.416 e. The molecule has 4 unspecified atom stereocenters. The van der Waals surface area contributed by atoms with Crippen molar-refractivity contribution in [2.45, 2.75) is 43.7 Å². The lowest BCUT2D eigenvalue weighted by Gasteiger charge is -2.30. The summed E-state index contributed by atoms with van der Waals surface area (Å²) in [6.45, 7) is 0. The minimum Gasteiger partial charge on any atom is -0.375 e. The van der Waals surface area contributed by atoms with Gasteiger partial charge in [0.1, 0.15) is 0 Å². The van der Waals surface area contributed by atoms with E-state index >= 15 is 0 Å². The first-order valence-electron chi connectivity index (χ1n) is 6.84. The highest BCUT2D eigenvalue weighted by molar-refractivity contribution is 5.30. The van der Waals surface area contributed by atoms with Gasteiger partial charge in [-0.15, -0.1) is 0 Å². The molecule has 20 heavy (non-hydrogen) atoms. The maximum atomic E-state index is 13.1. The zero-order chi connectivity index (χ0) is 14.3. The Bertz CT molecular complexity index is 492. The predicted molar refractivity (Wildman–Crippen MR) is 67.0 cm³/mol. The molecule has 0 saturated carbocycles. The number of nitrogens with one attached hydrogen (secondary N) is 1. The molecular weight excluding hydrogens is 269 g/mol. The minimum absolute atomic E-state index is 0.0683. The van der Waals surface area contributed by atoms with Gasteiger partial charge in [0.2, 0.25) is 0 Å². The van der Waals surface area contributed by atoms with Gasteiger partial charge >= 0.3 is 6.18 Å². The van der Waals surface area contributed by atoms with E-state index in [1.54, 1.807) is 7.05 Å². The molecule has 2 aliphatic rings. The third kappa shape index (κ3) is 2.31. The van der Waals surface area contributed by atoms with Crippen LogP contribution in [0.1, 0.15) is 36.4 Å². The van der Waals surface area contributed by atoms with Crippen LogP contribution in [0.15, 0.2) is 18.5 Å². The van der Waals surface area contributed by atoms with Crippen molar-refractivity contribution in [3.8, 4) is 0 Å². The summed E-state index contributed by atoms with van der Waals surface area (Å²) in [7, 11) is 1.70. The number of hydrogen-bond acceptors (Lipinski definition) is 3. The maximum absolute atomic E-state index is 13.1. The molecule has 1 aromatic rings. The summed E-state index contributed by atoms with van der Waals surface area (Å²) < 4.78 is 45.2. The number of alkyl halides is 3. The highest BCUT2D eigenvalue weighted by Crippen LogP contribution is 2.46. The molecule has 1 aromatic heterocycles. The Balaban J connectivity index is 1.94. The van der Waals surface area contributed by atoms with Crippen LogP contribution in [0.4, 0.5) is 13.2 Å². The van der Waals surface area contributed by atoms with Gasteiger partial charge in [0.25, 0.3) is 0 Å². The first-order valence-corrected chi connectivity index (χ1v) is 6.84.